The fraction of sp³-hybridized carbons (Fsp3) is 0.808. The lowest BCUT2D eigenvalue weighted by Crippen LogP contribution is -2.40. The summed E-state index contributed by atoms with van der Waals surface area (Å²) in [5.74, 6) is 3.66. The number of thioether (sulfide) groups is 1. The van der Waals surface area contributed by atoms with Gasteiger partial charge in [0, 0.05) is 36.9 Å². The summed E-state index contributed by atoms with van der Waals surface area (Å²) in [4.78, 5) is 14.2. The Morgan fingerprint density at radius 3 is 2.91 bits per heavy atom. The zero-order valence-corrected chi connectivity index (χ0v) is 20.8. The van der Waals surface area contributed by atoms with Gasteiger partial charge in [0.1, 0.15) is 0 Å². The normalized spacial score (nSPS) is 29.9. The molecule has 0 unspecified atom stereocenters. The van der Waals surface area contributed by atoms with E-state index >= 15 is 0 Å². The first kappa shape index (κ1) is 25.8. The van der Waals surface area contributed by atoms with Crippen LogP contribution >= 0.6 is 11.8 Å². The average Bonchev–Trinajstić information content (AvgIpc) is 3.30. The van der Waals surface area contributed by atoms with E-state index in [9.17, 15) is 15.0 Å². The summed E-state index contributed by atoms with van der Waals surface area (Å²) in [5.41, 5.74) is 1.46. The molecular formula is C26H43NO4S. The predicted octanol–water partition coefficient (Wildman–Crippen LogP) is 4.05. The second-order valence-corrected chi connectivity index (χ2v) is 11.1. The van der Waals surface area contributed by atoms with Crippen molar-refractivity contribution in [3.05, 3.63) is 23.8 Å². The van der Waals surface area contributed by atoms with E-state index in [-0.39, 0.29) is 17.9 Å². The van der Waals surface area contributed by atoms with Crippen LogP contribution in [0, 0.1) is 23.7 Å². The molecule has 182 valence electrons. The van der Waals surface area contributed by atoms with Crippen LogP contribution in [0.15, 0.2) is 23.8 Å². The molecule has 2 aliphatic carbocycles. The van der Waals surface area contributed by atoms with Crippen molar-refractivity contribution in [1.29, 1.82) is 0 Å². The second kappa shape index (κ2) is 13.2. The molecular weight excluding hydrogens is 422 g/mol. The number of aliphatic hydroxyl groups excluding tert-OH is 2. The van der Waals surface area contributed by atoms with E-state index < -0.39 is 6.10 Å². The third-order valence-corrected chi connectivity index (χ3v) is 8.38. The minimum absolute atomic E-state index is 0.141. The van der Waals surface area contributed by atoms with Gasteiger partial charge in [0.05, 0.1) is 25.4 Å². The number of fused-ring (bicyclic) bond motifs is 1. The van der Waals surface area contributed by atoms with Gasteiger partial charge in [-0.1, -0.05) is 56.9 Å². The molecule has 3 aliphatic rings. The van der Waals surface area contributed by atoms with E-state index in [0.29, 0.717) is 37.4 Å². The van der Waals surface area contributed by atoms with Gasteiger partial charge in [-0.15, -0.1) is 0 Å². The summed E-state index contributed by atoms with van der Waals surface area (Å²) < 4.78 is 5.31. The van der Waals surface area contributed by atoms with E-state index in [2.05, 4.69) is 26.0 Å². The lowest BCUT2D eigenvalue weighted by atomic mass is 9.88. The Kier molecular flexibility index (Phi) is 10.6. The zero-order valence-electron chi connectivity index (χ0n) is 20.0. The summed E-state index contributed by atoms with van der Waals surface area (Å²) in [6.45, 7) is 7.18. The Hall–Kier alpha value is -0.820. The van der Waals surface area contributed by atoms with Gasteiger partial charge in [-0.05, 0) is 37.0 Å². The van der Waals surface area contributed by atoms with Crippen LogP contribution in [0.4, 0.5) is 0 Å². The first-order valence-corrected chi connectivity index (χ1v) is 13.8. The number of hydrogen-bond donors (Lipinski definition) is 2. The molecule has 1 aliphatic heterocycles. The summed E-state index contributed by atoms with van der Waals surface area (Å²) >= 11 is 1.85. The number of rotatable bonds is 12. The SMILES string of the molecule is CCCC[C@H](C)C[C@H](O)/C=C/[C@@H]1[C@H]2CC(CSCCC(=O)N3CCOCC3)=C[C@H]2C[C@H]1O. The molecule has 32 heavy (non-hydrogen) atoms. The Bertz CT molecular complexity index is 646. The number of carbonyl (C=O) groups is 1. The molecule has 0 aromatic rings. The minimum atomic E-state index is -0.415. The molecule has 1 saturated carbocycles. The van der Waals surface area contributed by atoms with Crippen LogP contribution in [0.3, 0.4) is 0 Å². The number of nitrogens with zero attached hydrogens (tertiary/aromatic N) is 1. The van der Waals surface area contributed by atoms with Gasteiger partial charge < -0.3 is 19.8 Å². The highest BCUT2D eigenvalue weighted by Gasteiger charge is 2.43. The highest BCUT2D eigenvalue weighted by molar-refractivity contribution is 7.99. The number of unbranched alkanes of at least 4 members (excludes halogenated alkanes) is 1. The fourth-order valence-electron chi connectivity index (χ4n) is 5.46. The molecule has 5 nitrogen and oxygen atoms in total. The third kappa shape index (κ3) is 7.61. The molecule has 6 heteroatoms. The predicted molar refractivity (Wildman–Crippen MR) is 132 cm³/mol. The standard InChI is InChI=1S/C26H43NO4S/c1-3-4-5-19(2)14-22(28)6-7-23-24-16-20(15-21(24)17-25(23)29)18-32-13-8-26(30)27-9-11-31-12-10-27/h6-7,15,19,21-25,28-29H,3-5,8-14,16-18H2,1-2H3/b7-6+/t19-,21-,22+,23+,24-,25+/m0/s1. The van der Waals surface area contributed by atoms with Crippen molar-refractivity contribution in [2.45, 2.75) is 71.0 Å². The van der Waals surface area contributed by atoms with Crippen molar-refractivity contribution in [2.75, 3.05) is 37.8 Å². The van der Waals surface area contributed by atoms with Crippen molar-refractivity contribution < 1.29 is 19.7 Å². The van der Waals surface area contributed by atoms with E-state index in [0.717, 1.165) is 43.9 Å². The Balaban J connectivity index is 1.38. The summed E-state index contributed by atoms with van der Waals surface area (Å²) in [7, 11) is 0. The molecule has 1 heterocycles. The fourth-order valence-corrected chi connectivity index (χ4v) is 6.40. The molecule has 3 rings (SSSR count). The molecule has 1 saturated heterocycles. The van der Waals surface area contributed by atoms with E-state index in [1.165, 1.54) is 24.8 Å². The number of morpholine rings is 1. The highest BCUT2D eigenvalue weighted by Crippen LogP contribution is 2.47. The number of amides is 1. The molecule has 0 aromatic heterocycles. The summed E-state index contributed by atoms with van der Waals surface area (Å²) in [6.07, 6.45) is 12.5. The van der Waals surface area contributed by atoms with Crippen LogP contribution in [0.1, 0.15) is 58.8 Å². The van der Waals surface area contributed by atoms with Gasteiger partial charge in [-0.25, -0.2) is 0 Å². The van der Waals surface area contributed by atoms with Crippen molar-refractivity contribution in [2.24, 2.45) is 23.7 Å². The van der Waals surface area contributed by atoms with Gasteiger partial charge in [0.25, 0.3) is 0 Å². The minimum Gasteiger partial charge on any atom is -0.392 e. The first-order chi connectivity index (χ1) is 15.5. The van der Waals surface area contributed by atoms with Crippen molar-refractivity contribution in [3.63, 3.8) is 0 Å². The number of hydrogen-bond acceptors (Lipinski definition) is 5. The summed E-state index contributed by atoms with van der Waals surface area (Å²) in [6, 6.07) is 0. The molecule has 2 N–H and O–H groups in total. The van der Waals surface area contributed by atoms with E-state index in [1.54, 1.807) is 0 Å². The number of ether oxygens (including phenoxy) is 1. The van der Waals surface area contributed by atoms with Gasteiger partial charge in [0.15, 0.2) is 0 Å². The number of aliphatic hydroxyl groups is 2. The van der Waals surface area contributed by atoms with Crippen LogP contribution in [0.2, 0.25) is 0 Å². The van der Waals surface area contributed by atoms with Gasteiger partial charge >= 0.3 is 0 Å². The lowest BCUT2D eigenvalue weighted by Gasteiger charge is -2.26. The van der Waals surface area contributed by atoms with Gasteiger partial charge in [-0.2, -0.15) is 11.8 Å². The Morgan fingerprint density at radius 1 is 1.38 bits per heavy atom. The van der Waals surface area contributed by atoms with Crippen LogP contribution in [-0.4, -0.2) is 71.0 Å². The van der Waals surface area contributed by atoms with Crippen molar-refractivity contribution in [3.8, 4) is 0 Å². The third-order valence-electron chi connectivity index (χ3n) is 7.31. The number of allylic oxidation sites excluding steroid dienone is 1. The molecule has 0 bridgehead atoms. The van der Waals surface area contributed by atoms with Crippen LogP contribution in [0.5, 0.6) is 0 Å². The van der Waals surface area contributed by atoms with Crippen LogP contribution < -0.4 is 0 Å². The second-order valence-electron chi connectivity index (χ2n) is 9.97. The molecule has 2 fully saturated rings. The van der Waals surface area contributed by atoms with Crippen LogP contribution in [0.25, 0.3) is 0 Å². The molecule has 1 amide bonds. The lowest BCUT2D eigenvalue weighted by molar-refractivity contribution is -0.134. The molecule has 0 aromatic carbocycles. The van der Waals surface area contributed by atoms with Gasteiger partial charge in [-0.3, -0.25) is 4.79 Å². The monoisotopic (exact) mass is 465 g/mol. The largest absolute Gasteiger partial charge is 0.392 e. The quantitative estimate of drug-likeness (QED) is 0.336. The summed E-state index contributed by atoms with van der Waals surface area (Å²) in [5, 5.41) is 21.0. The topological polar surface area (TPSA) is 70.0 Å². The Labute approximate surface area is 198 Å². The number of carbonyl (C=O) groups excluding carboxylic acids is 1. The van der Waals surface area contributed by atoms with Crippen molar-refractivity contribution in [1.82, 2.24) is 4.90 Å². The maximum absolute atomic E-state index is 12.3. The molecule has 0 spiro atoms. The first-order valence-electron chi connectivity index (χ1n) is 12.6. The van der Waals surface area contributed by atoms with Gasteiger partial charge in [0.2, 0.25) is 5.91 Å². The highest BCUT2D eigenvalue weighted by atomic mass is 32.2. The smallest absolute Gasteiger partial charge is 0.223 e. The maximum atomic E-state index is 12.3. The van der Waals surface area contributed by atoms with Crippen molar-refractivity contribution >= 4 is 17.7 Å². The maximum Gasteiger partial charge on any atom is 0.223 e. The molecule has 6 atom stereocenters. The average molecular weight is 466 g/mol. The Morgan fingerprint density at radius 2 is 2.16 bits per heavy atom. The molecule has 0 radical (unpaired) electrons. The zero-order chi connectivity index (χ0) is 22.9. The van der Waals surface area contributed by atoms with E-state index in [4.69, 9.17) is 4.74 Å². The van der Waals surface area contributed by atoms with E-state index in [1.807, 2.05) is 22.7 Å². The van der Waals surface area contributed by atoms with Crippen LogP contribution in [-0.2, 0) is 9.53 Å².